The maximum Gasteiger partial charge on any atom is 0.197 e. The molecule has 0 aliphatic carbocycles. The second kappa shape index (κ2) is 7.58. The van der Waals surface area contributed by atoms with Gasteiger partial charge < -0.3 is 4.57 Å². The summed E-state index contributed by atoms with van der Waals surface area (Å²) < 4.78 is 29.8. The third kappa shape index (κ3) is 3.21. The largest absolute Gasteiger partial charge is 0.307 e. The first-order valence-electron chi connectivity index (χ1n) is 9.50. The summed E-state index contributed by atoms with van der Waals surface area (Å²) in [4.78, 5) is 17.5. The average molecular weight is 381 g/mol. The molecule has 7 heteroatoms. The van der Waals surface area contributed by atoms with Gasteiger partial charge in [0.1, 0.15) is 11.3 Å². The zero-order chi connectivity index (χ0) is 19.7. The normalized spacial score (nSPS) is 11.8. The lowest BCUT2D eigenvalue weighted by Crippen LogP contribution is -2.11. The fourth-order valence-electron chi connectivity index (χ4n) is 3.58. The summed E-state index contributed by atoms with van der Waals surface area (Å²) in [5.74, 6) is -0.406. The minimum absolute atomic E-state index is 0.0366. The molecular formula is C21H21F2N5. The predicted octanol–water partition coefficient (Wildman–Crippen LogP) is 4.68. The van der Waals surface area contributed by atoms with Crippen molar-refractivity contribution in [3.8, 4) is 0 Å². The van der Waals surface area contributed by atoms with Gasteiger partial charge in [0.2, 0.25) is 0 Å². The minimum atomic E-state index is -0.924. The zero-order valence-electron chi connectivity index (χ0n) is 15.9. The Morgan fingerprint density at radius 3 is 2.54 bits per heavy atom. The van der Waals surface area contributed by atoms with Gasteiger partial charge in [-0.15, -0.1) is 0 Å². The molecule has 3 aromatic heterocycles. The van der Waals surface area contributed by atoms with E-state index in [1.165, 1.54) is 6.20 Å². The first kappa shape index (κ1) is 18.4. The highest BCUT2D eigenvalue weighted by atomic mass is 19.2. The van der Waals surface area contributed by atoms with Crippen LogP contribution in [0.3, 0.4) is 0 Å². The third-order valence-corrected chi connectivity index (χ3v) is 5.31. The van der Waals surface area contributed by atoms with E-state index >= 15 is 0 Å². The van der Waals surface area contributed by atoms with Crippen LogP contribution in [0.15, 0.2) is 36.8 Å². The van der Waals surface area contributed by atoms with Gasteiger partial charge in [-0.3, -0.25) is 4.98 Å². The highest BCUT2D eigenvalue weighted by Crippen LogP contribution is 2.25. The van der Waals surface area contributed by atoms with Crippen LogP contribution in [0.25, 0.3) is 22.2 Å². The Labute approximate surface area is 161 Å². The molecule has 4 rings (SSSR count). The van der Waals surface area contributed by atoms with Crippen molar-refractivity contribution in [2.75, 3.05) is 0 Å². The number of aromatic nitrogens is 5. The summed E-state index contributed by atoms with van der Waals surface area (Å²) in [7, 11) is 0. The molecule has 0 fully saturated rings. The predicted molar refractivity (Wildman–Crippen MR) is 104 cm³/mol. The van der Waals surface area contributed by atoms with Gasteiger partial charge in [0, 0.05) is 30.4 Å². The maximum atomic E-state index is 14.2. The fraction of sp³-hybridized carbons (Fsp3) is 0.333. The number of fused-ring (bicyclic) bond motifs is 2. The van der Waals surface area contributed by atoms with Gasteiger partial charge in [-0.1, -0.05) is 26.7 Å². The molecule has 0 N–H and O–H groups in total. The molecule has 0 aliphatic rings. The summed E-state index contributed by atoms with van der Waals surface area (Å²) in [6.07, 6.45) is 7.71. The van der Waals surface area contributed by atoms with E-state index in [-0.39, 0.29) is 5.52 Å². The number of halogens is 2. The molecule has 0 spiro atoms. The van der Waals surface area contributed by atoms with Crippen molar-refractivity contribution >= 4 is 22.2 Å². The summed E-state index contributed by atoms with van der Waals surface area (Å²) in [6, 6.07) is 4.53. The lowest BCUT2D eigenvalue weighted by molar-refractivity contribution is 0.470. The van der Waals surface area contributed by atoms with Crippen molar-refractivity contribution in [3.05, 3.63) is 59.8 Å². The van der Waals surface area contributed by atoms with E-state index in [0.29, 0.717) is 29.1 Å². The molecule has 5 nitrogen and oxygen atoms in total. The van der Waals surface area contributed by atoms with Crippen molar-refractivity contribution in [2.45, 2.75) is 39.7 Å². The SMILES string of the molecule is CCC(CC)Cc1nc2nccnc2n1Cc1ccnc2c(F)c(F)ccc12. The third-order valence-electron chi connectivity index (χ3n) is 5.31. The highest BCUT2D eigenvalue weighted by Gasteiger charge is 2.18. The quantitative estimate of drug-likeness (QED) is 0.487. The Balaban J connectivity index is 1.84. The van der Waals surface area contributed by atoms with E-state index in [1.54, 1.807) is 18.5 Å². The number of hydrogen-bond acceptors (Lipinski definition) is 4. The van der Waals surface area contributed by atoms with Gasteiger partial charge in [0.05, 0.1) is 6.54 Å². The van der Waals surface area contributed by atoms with E-state index in [9.17, 15) is 8.78 Å². The van der Waals surface area contributed by atoms with Crippen molar-refractivity contribution in [1.82, 2.24) is 24.5 Å². The number of benzene rings is 1. The van der Waals surface area contributed by atoms with Crippen LogP contribution in [0, 0.1) is 17.6 Å². The first-order chi connectivity index (χ1) is 13.6. The Morgan fingerprint density at radius 2 is 1.75 bits per heavy atom. The Bertz CT molecular complexity index is 1130. The van der Waals surface area contributed by atoms with Crippen LogP contribution in [0.5, 0.6) is 0 Å². The Kier molecular flexibility index (Phi) is 4.98. The zero-order valence-corrected chi connectivity index (χ0v) is 15.9. The molecule has 0 amide bonds. The molecule has 28 heavy (non-hydrogen) atoms. The van der Waals surface area contributed by atoms with Gasteiger partial charge in [-0.25, -0.2) is 23.7 Å². The molecule has 4 aromatic rings. The van der Waals surface area contributed by atoms with Gasteiger partial charge in [-0.2, -0.15) is 0 Å². The fourth-order valence-corrected chi connectivity index (χ4v) is 3.58. The number of nitrogens with zero attached hydrogens (tertiary/aromatic N) is 5. The lowest BCUT2D eigenvalue weighted by atomic mass is 9.99. The molecular weight excluding hydrogens is 360 g/mol. The summed E-state index contributed by atoms with van der Waals surface area (Å²) in [5, 5.41) is 0.584. The van der Waals surface area contributed by atoms with Gasteiger partial charge in [0.25, 0.3) is 0 Å². The second-order valence-electron chi connectivity index (χ2n) is 6.93. The smallest absolute Gasteiger partial charge is 0.197 e. The van der Waals surface area contributed by atoms with E-state index in [0.717, 1.165) is 36.7 Å². The summed E-state index contributed by atoms with van der Waals surface area (Å²) >= 11 is 0. The van der Waals surface area contributed by atoms with Gasteiger partial charge >= 0.3 is 0 Å². The monoisotopic (exact) mass is 381 g/mol. The molecule has 1 aromatic carbocycles. The topological polar surface area (TPSA) is 56.5 Å². The van der Waals surface area contributed by atoms with E-state index in [1.807, 2.05) is 10.6 Å². The van der Waals surface area contributed by atoms with E-state index in [4.69, 9.17) is 4.98 Å². The number of imidazole rings is 1. The molecule has 144 valence electrons. The summed E-state index contributed by atoms with van der Waals surface area (Å²) in [5.41, 5.74) is 2.16. The van der Waals surface area contributed by atoms with Crippen LogP contribution in [-0.4, -0.2) is 24.5 Å². The molecule has 0 radical (unpaired) electrons. The number of rotatable bonds is 6. The van der Waals surface area contributed by atoms with Crippen LogP contribution < -0.4 is 0 Å². The van der Waals surface area contributed by atoms with Crippen molar-refractivity contribution in [2.24, 2.45) is 5.92 Å². The lowest BCUT2D eigenvalue weighted by Gasteiger charge is -2.15. The highest BCUT2D eigenvalue weighted by molar-refractivity contribution is 5.82. The van der Waals surface area contributed by atoms with Gasteiger partial charge in [0.15, 0.2) is 22.9 Å². The molecule has 0 aliphatic heterocycles. The molecule has 0 atom stereocenters. The minimum Gasteiger partial charge on any atom is -0.307 e. The Hall–Kier alpha value is -2.96. The van der Waals surface area contributed by atoms with Crippen LogP contribution in [0.2, 0.25) is 0 Å². The number of pyridine rings is 1. The van der Waals surface area contributed by atoms with Crippen LogP contribution in [-0.2, 0) is 13.0 Å². The van der Waals surface area contributed by atoms with Crippen LogP contribution >= 0.6 is 0 Å². The average Bonchev–Trinajstić information content (AvgIpc) is 3.06. The molecule has 0 saturated heterocycles. The first-order valence-corrected chi connectivity index (χ1v) is 9.50. The molecule has 0 unspecified atom stereocenters. The van der Waals surface area contributed by atoms with Crippen LogP contribution in [0.4, 0.5) is 8.78 Å². The van der Waals surface area contributed by atoms with Crippen molar-refractivity contribution in [3.63, 3.8) is 0 Å². The van der Waals surface area contributed by atoms with Crippen molar-refractivity contribution < 1.29 is 8.78 Å². The molecule has 0 saturated carbocycles. The van der Waals surface area contributed by atoms with Crippen LogP contribution in [0.1, 0.15) is 38.1 Å². The van der Waals surface area contributed by atoms with E-state index in [2.05, 4.69) is 28.8 Å². The standard InChI is InChI=1S/C21H21F2N5/c1-3-13(4-2)11-17-27-20-21(26-10-9-25-20)28(17)12-14-7-8-24-19-15(14)5-6-16(22)18(19)23/h5-10,13H,3-4,11-12H2,1-2H3. The molecule has 0 bridgehead atoms. The summed E-state index contributed by atoms with van der Waals surface area (Å²) in [6.45, 7) is 4.78. The second-order valence-corrected chi connectivity index (χ2v) is 6.93. The molecule has 3 heterocycles. The van der Waals surface area contributed by atoms with E-state index < -0.39 is 11.6 Å². The maximum absolute atomic E-state index is 14.2. The Morgan fingerprint density at radius 1 is 0.964 bits per heavy atom. The van der Waals surface area contributed by atoms with Gasteiger partial charge in [-0.05, 0) is 29.7 Å². The number of hydrogen-bond donors (Lipinski definition) is 0. The van der Waals surface area contributed by atoms with Crippen molar-refractivity contribution in [1.29, 1.82) is 0 Å².